The second kappa shape index (κ2) is 5.50. The number of anilines is 1. The summed E-state index contributed by atoms with van der Waals surface area (Å²) < 4.78 is 4.97. The lowest BCUT2D eigenvalue weighted by Crippen LogP contribution is -2.35. The first-order chi connectivity index (χ1) is 7.56. The van der Waals surface area contributed by atoms with Crippen molar-refractivity contribution < 1.29 is 14.3 Å². The van der Waals surface area contributed by atoms with Crippen LogP contribution in [0.4, 0.5) is 5.69 Å². The maximum absolute atomic E-state index is 11.6. The summed E-state index contributed by atoms with van der Waals surface area (Å²) in [4.78, 5) is 23.2. The highest BCUT2D eigenvalue weighted by molar-refractivity contribution is 7.12. The molecule has 0 spiro atoms. The third-order valence-electron chi connectivity index (χ3n) is 1.89. The van der Waals surface area contributed by atoms with E-state index < -0.39 is 12.1 Å². The van der Waals surface area contributed by atoms with Crippen molar-refractivity contribution in [3.05, 3.63) is 16.3 Å². The standard InChI is InChI=1S/C10H14N2O3S/c1-3-12-9(13)6(2)15-10(14)8-7(11)4-5-16-8/h4-6H,3,11H2,1-2H3,(H,12,13). The summed E-state index contributed by atoms with van der Waals surface area (Å²) in [5, 5.41) is 4.26. The van der Waals surface area contributed by atoms with Gasteiger partial charge in [0, 0.05) is 6.54 Å². The van der Waals surface area contributed by atoms with E-state index in [1.54, 1.807) is 18.4 Å². The van der Waals surface area contributed by atoms with Crippen LogP contribution in [0.1, 0.15) is 23.5 Å². The second-order valence-corrected chi connectivity index (χ2v) is 4.06. The van der Waals surface area contributed by atoms with Crippen LogP contribution in [0.25, 0.3) is 0 Å². The van der Waals surface area contributed by atoms with Gasteiger partial charge < -0.3 is 15.8 Å². The smallest absolute Gasteiger partial charge is 0.351 e. The molecule has 1 amide bonds. The average molecular weight is 242 g/mol. The lowest BCUT2D eigenvalue weighted by atomic mass is 10.3. The number of esters is 1. The highest BCUT2D eigenvalue weighted by Gasteiger charge is 2.20. The summed E-state index contributed by atoms with van der Waals surface area (Å²) >= 11 is 1.19. The minimum atomic E-state index is -0.811. The highest BCUT2D eigenvalue weighted by Crippen LogP contribution is 2.20. The van der Waals surface area contributed by atoms with Crippen molar-refractivity contribution in [2.24, 2.45) is 0 Å². The summed E-state index contributed by atoms with van der Waals surface area (Å²) in [6.07, 6.45) is -0.811. The van der Waals surface area contributed by atoms with E-state index in [2.05, 4.69) is 5.32 Å². The lowest BCUT2D eigenvalue weighted by Gasteiger charge is -2.11. The highest BCUT2D eigenvalue weighted by atomic mass is 32.1. The number of ether oxygens (including phenoxy) is 1. The number of rotatable bonds is 4. The molecule has 1 aromatic heterocycles. The first-order valence-corrected chi connectivity index (χ1v) is 5.75. The Labute approximate surface area is 97.6 Å². The van der Waals surface area contributed by atoms with Crippen LogP contribution in [-0.2, 0) is 9.53 Å². The van der Waals surface area contributed by atoms with Crippen LogP contribution in [0, 0.1) is 0 Å². The molecule has 0 aliphatic heterocycles. The minimum absolute atomic E-state index is 0.314. The van der Waals surface area contributed by atoms with Crippen molar-refractivity contribution in [3.63, 3.8) is 0 Å². The van der Waals surface area contributed by atoms with Gasteiger partial charge in [-0.2, -0.15) is 0 Å². The number of likely N-dealkylation sites (N-methyl/N-ethyl adjacent to an activating group) is 1. The predicted octanol–water partition coefficient (Wildman–Crippen LogP) is 1.01. The molecule has 0 aliphatic carbocycles. The van der Waals surface area contributed by atoms with Crippen molar-refractivity contribution in [1.82, 2.24) is 5.32 Å². The summed E-state index contributed by atoms with van der Waals surface area (Å²) in [5.41, 5.74) is 5.93. The predicted molar refractivity (Wildman–Crippen MR) is 62.3 cm³/mol. The summed E-state index contributed by atoms with van der Waals surface area (Å²) in [6.45, 7) is 3.82. The number of carbonyl (C=O) groups is 2. The molecule has 0 bridgehead atoms. The second-order valence-electron chi connectivity index (χ2n) is 3.15. The normalized spacial score (nSPS) is 11.9. The van der Waals surface area contributed by atoms with Gasteiger partial charge in [-0.05, 0) is 25.3 Å². The van der Waals surface area contributed by atoms with E-state index in [9.17, 15) is 9.59 Å². The van der Waals surface area contributed by atoms with Crippen LogP contribution < -0.4 is 11.1 Å². The summed E-state index contributed by atoms with van der Waals surface area (Å²) in [6, 6.07) is 1.62. The number of amides is 1. The molecule has 1 heterocycles. The van der Waals surface area contributed by atoms with E-state index in [0.29, 0.717) is 17.1 Å². The molecular weight excluding hydrogens is 228 g/mol. The molecule has 0 aliphatic rings. The van der Waals surface area contributed by atoms with Crippen LogP contribution in [0.15, 0.2) is 11.4 Å². The maximum atomic E-state index is 11.6. The molecule has 1 unspecified atom stereocenters. The fraction of sp³-hybridized carbons (Fsp3) is 0.400. The van der Waals surface area contributed by atoms with E-state index in [4.69, 9.17) is 10.5 Å². The molecule has 0 aromatic carbocycles. The Morgan fingerprint density at radius 2 is 2.31 bits per heavy atom. The van der Waals surface area contributed by atoms with Crippen LogP contribution in [0.5, 0.6) is 0 Å². The molecule has 16 heavy (non-hydrogen) atoms. The SMILES string of the molecule is CCNC(=O)C(C)OC(=O)c1sccc1N. The van der Waals surface area contributed by atoms with Gasteiger partial charge in [0.1, 0.15) is 4.88 Å². The number of carbonyl (C=O) groups excluding carboxylic acids is 2. The van der Waals surface area contributed by atoms with Gasteiger partial charge in [0.15, 0.2) is 6.10 Å². The van der Waals surface area contributed by atoms with Crippen LogP contribution >= 0.6 is 11.3 Å². The monoisotopic (exact) mass is 242 g/mol. The van der Waals surface area contributed by atoms with Gasteiger partial charge in [-0.15, -0.1) is 11.3 Å². The molecule has 0 saturated heterocycles. The Morgan fingerprint density at radius 1 is 1.62 bits per heavy atom. The number of nitrogens with one attached hydrogen (secondary N) is 1. The number of hydrogen-bond donors (Lipinski definition) is 2. The van der Waals surface area contributed by atoms with Crippen LogP contribution in [0.2, 0.25) is 0 Å². The number of thiophene rings is 1. The summed E-state index contributed by atoms with van der Waals surface area (Å²) in [7, 11) is 0. The molecule has 0 saturated carbocycles. The minimum Gasteiger partial charge on any atom is -0.448 e. The van der Waals surface area contributed by atoms with Gasteiger partial charge in [-0.1, -0.05) is 0 Å². The molecular formula is C10H14N2O3S. The largest absolute Gasteiger partial charge is 0.448 e. The average Bonchev–Trinajstić information content (AvgIpc) is 2.64. The van der Waals surface area contributed by atoms with Crippen LogP contribution in [-0.4, -0.2) is 24.5 Å². The zero-order valence-corrected chi connectivity index (χ0v) is 9.97. The lowest BCUT2D eigenvalue weighted by molar-refractivity contribution is -0.128. The zero-order chi connectivity index (χ0) is 12.1. The van der Waals surface area contributed by atoms with E-state index in [1.165, 1.54) is 18.3 Å². The van der Waals surface area contributed by atoms with Crippen molar-refractivity contribution in [3.8, 4) is 0 Å². The van der Waals surface area contributed by atoms with Gasteiger partial charge >= 0.3 is 5.97 Å². The zero-order valence-electron chi connectivity index (χ0n) is 9.15. The van der Waals surface area contributed by atoms with E-state index in [1.807, 2.05) is 0 Å². The number of nitrogens with two attached hydrogens (primary N) is 1. The Bertz CT molecular complexity index is 389. The Kier molecular flexibility index (Phi) is 4.30. The molecule has 5 nitrogen and oxygen atoms in total. The van der Waals surface area contributed by atoms with Crippen LogP contribution in [0.3, 0.4) is 0 Å². The Morgan fingerprint density at radius 3 is 2.81 bits per heavy atom. The Balaban J connectivity index is 2.58. The fourth-order valence-electron chi connectivity index (χ4n) is 1.07. The quantitative estimate of drug-likeness (QED) is 0.772. The van der Waals surface area contributed by atoms with Crippen molar-refractivity contribution >= 4 is 28.9 Å². The fourth-order valence-corrected chi connectivity index (χ4v) is 1.77. The van der Waals surface area contributed by atoms with Crippen molar-refractivity contribution in [1.29, 1.82) is 0 Å². The molecule has 1 aromatic rings. The number of nitrogen functional groups attached to an aromatic ring is 1. The van der Waals surface area contributed by atoms with E-state index in [0.717, 1.165) is 0 Å². The van der Waals surface area contributed by atoms with Gasteiger partial charge in [-0.3, -0.25) is 4.79 Å². The third kappa shape index (κ3) is 2.96. The molecule has 0 radical (unpaired) electrons. The first kappa shape index (κ1) is 12.5. The molecule has 1 atom stereocenters. The molecule has 0 fully saturated rings. The first-order valence-electron chi connectivity index (χ1n) is 4.88. The molecule has 6 heteroatoms. The maximum Gasteiger partial charge on any atom is 0.351 e. The topological polar surface area (TPSA) is 81.4 Å². The van der Waals surface area contributed by atoms with Gasteiger partial charge in [0.2, 0.25) is 0 Å². The van der Waals surface area contributed by atoms with E-state index in [-0.39, 0.29) is 5.91 Å². The summed E-state index contributed by atoms with van der Waals surface area (Å²) in [5.74, 6) is -0.878. The third-order valence-corrected chi connectivity index (χ3v) is 2.80. The van der Waals surface area contributed by atoms with E-state index >= 15 is 0 Å². The molecule has 88 valence electrons. The Hall–Kier alpha value is -1.56. The molecule has 1 rings (SSSR count). The van der Waals surface area contributed by atoms with Crippen molar-refractivity contribution in [2.45, 2.75) is 20.0 Å². The van der Waals surface area contributed by atoms with Gasteiger partial charge in [0.05, 0.1) is 5.69 Å². The van der Waals surface area contributed by atoms with Gasteiger partial charge in [-0.25, -0.2) is 4.79 Å². The molecule has 3 N–H and O–H groups in total. The van der Waals surface area contributed by atoms with Crippen molar-refractivity contribution in [2.75, 3.05) is 12.3 Å². The number of hydrogen-bond acceptors (Lipinski definition) is 5. The van der Waals surface area contributed by atoms with Gasteiger partial charge in [0.25, 0.3) is 5.91 Å².